The molecule has 30 heavy (non-hydrogen) atoms. The van der Waals surface area contributed by atoms with Crippen LogP contribution in [0.4, 0.5) is 11.6 Å². The Kier molecular flexibility index (Phi) is 5.66. The number of amides is 1. The molecule has 1 saturated carbocycles. The highest BCUT2D eigenvalue weighted by molar-refractivity contribution is 5.95. The number of benzene rings is 2. The number of aliphatic imine (C=N–C) groups is 1. The minimum Gasteiger partial charge on any atom is -0.437 e. The molecule has 1 fully saturated rings. The van der Waals surface area contributed by atoms with Crippen LogP contribution in [-0.2, 0) is 4.79 Å². The van der Waals surface area contributed by atoms with Gasteiger partial charge in [0.05, 0.1) is 5.56 Å². The van der Waals surface area contributed by atoms with E-state index in [0.29, 0.717) is 5.88 Å². The van der Waals surface area contributed by atoms with Gasteiger partial charge in [0.1, 0.15) is 5.76 Å². The summed E-state index contributed by atoms with van der Waals surface area (Å²) >= 11 is 0. The second-order valence-electron chi connectivity index (χ2n) is 7.71. The highest BCUT2D eigenvalue weighted by Crippen LogP contribution is 2.45. The van der Waals surface area contributed by atoms with E-state index >= 15 is 0 Å². The molecule has 0 bridgehead atoms. The third-order valence-corrected chi connectivity index (χ3v) is 5.52. The number of furan rings is 1. The number of anilines is 1. The van der Waals surface area contributed by atoms with Gasteiger partial charge in [-0.2, -0.15) is 0 Å². The Labute approximate surface area is 177 Å². The van der Waals surface area contributed by atoms with Crippen molar-refractivity contribution in [1.29, 1.82) is 0 Å². The van der Waals surface area contributed by atoms with Crippen molar-refractivity contribution in [2.24, 2.45) is 10.9 Å². The topological polar surface area (TPSA) is 54.6 Å². The number of carbonyl (C=O) groups excluding carboxylic acids is 1. The van der Waals surface area contributed by atoms with Gasteiger partial charge in [-0.05, 0) is 62.1 Å². The lowest BCUT2D eigenvalue weighted by molar-refractivity contribution is -0.122. The Morgan fingerprint density at radius 2 is 1.80 bits per heavy atom. The van der Waals surface area contributed by atoms with Crippen molar-refractivity contribution in [3.05, 3.63) is 66.7 Å². The van der Waals surface area contributed by atoms with E-state index in [0.717, 1.165) is 58.5 Å². The standard InChI is InChI=1S/C26H26N2O2/c1-4-27-26-22(17(2)3)23(18-9-6-5-7-10-18)24(30-26)19-13-15-21(16-14-19)28-25(29)20-11-8-12-20/h4-7,9-10,13-16,20H,2,8,11-12H2,1,3H3,(H,28,29)/b27-4-. The fraction of sp³-hybridized carbons (Fsp3) is 0.231. The first-order valence-electron chi connectivity index (χ1n) is 10.4. The molecule has 0 saturated heterocycles. The molecule has 1 heterocycles. The monoisotopic (exact) mass is 398 g/mol. The number of allylic oxidation sites excluding steroid dienone is 1. The van der Waals surface area contributed by atoms with Gasteiger partial charge in [0.2, 0.25) is 11.8 Å². The first-order chi connectivity index (χ1) is 14.6. The summed E-state index contributed by atoms with van der Waals surface area (Å²) in [7, 11) is 0. The van der Waals surface area contributed by atoms with Crippen LogP contribution in [0, 0.1) is 5.92 Å². The lowest BCUT2D eigenvalue weighted by Gasteiger charge is -2.24. The molecule has 3 aromatic rings. The van der Waals surface area contributed by atoms with E-state index in [4.69, 9.17) is 4.42 Å². The summed E-state index contributed by atoms with van der Waals surface area (Å²) in [5, 5.41) is 3.02. The molecular weight excluding hydrogens is 372 g/mol. The maximum absolute atomic E-state index is 12.2. The second kappa shape index (κ2) is 8.54. The predicted octanol–water partition coefficient (Wildman–Crippen LogP) is 7.11. The minimum atomic E-state index is 0.112. The molecule has 1 aliphatic rings. The van der Waals surface area contributed by atoms with E-state index in [9.17, 15) is 4.79 Å². The second-order valence-corrected chi connectivity index (χ2v) is 7.71. The molecule has 4 heteroatoms. The largest absolute Gasteiger partial charge is 0.437 e. The maximum Gasteiger partial charge on any atom is 0.227 e. The summed E-state index contributed by atoms with van der Waals surface area (Å²) < 4.78 is 6.23. The molecule has 0 radical (unpaired) electrons. The summed E-state index contributed by atoms with van der Waals surface area (Å²) in [4.78, 5) is 16.7. The van der Waals surface area contributed by atoms with E-state index in [2.05, 4.69) is 29.0 Å². The Balaban J connectivity index is 1.75. The van der Waals surface area contributed by atoms with E-state index in [1.165, 1.54) is 0 Å². The molecule has 4 nitrogen and oxygen atoms in total. The van der Waals surface area contributed by atoms with Gasteiger partial charge in [0, 0.05) is 28.9 Å². The molecule has 0 unspecified atom stereocenters. The number of hydrogen-bond donors (Lipinski definition) is 1. The van der Waals surface area contributed by atoms with Crippen LogP contribution in [0.15, 0.2) is 70.6 Å². The third-order valence-electron chi connectivity index (χ3n) is 5.52. The smallest absolute Gasteiger partial charge is 0.227 e. The first-order valence-corrected chi connectivity index (χ1v) is 10.4. The molecule has 152 valence electrons. The van der Waals surface area contributed by atoms with E-state index < -0.39 is 0 Å². The fourth-order valence-corrected chi connectivity index (χ4v) is 3.73. The van der Waals surface area contributed by atoms with Crippen molar-refractivity contribution >= 4 is 29.3 Å². The average Bonchev–Trinajstić information content (AvgIpc) is 3.07. The van der Waals surface area contributed by atoms with E-state index in [-0.39, 0.29) is 11.8 Å². The zero-order valence-electron chi connectivity index (χ0n) is 17.4. The zero-order valence-corrected chi connectivity index (χ0v) is 17.4. The quantitative estimate of drug-likeness (QED) is 0.450. The van der Waals surface area contributed by atoms with Crippen molar-refractivity contribution in [3.8, 4) is 22.5 Å². The third kappa shape index (κ3) is 3.86. The van der Waals surface area contributed by atoms with E-state index in [1.807, 2.05) is 56.3 Å². The summed E-state index contributed by atoms with van der Waals surface area (Å²) in [6, 6.07) is 17.9. The van der Waals surface area contributed by atoms with Crippen molar-refractivity contribution in [1.82, 2.24) is 0 Å². The SMILES string of the molecule is C=C(C)c1c(/N=C\C)oc(-c2ccc(NC(=O)C3CCC3)cc2)c1-c1ccccc1. The van der Waals surface area contributed by atoms with Gasteiger partial charge in [-0.3, -0.25) is 4.79 Å². The summed E-state index contributed by atoms with van der Waals surface area (Å²) in [6.07, 6.45) is 4.84. The zero-order chi connectivity index (χ0) is 21.1. The van der Waals surface area contributed by atoms with Crippen molar-refractivity contribution in [2.75, 3.05) is 5.32 Å². The molecule has 1 aromatic heterocycles. The van der Waals surface area contributed by atoms with Crippen LogP contribution < -0.4 is 5.32 Å². The van der Waals surface area contributed by atoms with Gasteiger partial charge in [0.25, 0.3) is 0 Å². The average molecular weight is 399 g/mol. The first kappa shape index (κ1) is 19.9. The van der Waals surface area contributed by atoms with Crippen molar-refractivity contribution in [3.63, 3.8) is 0 Å². The summed E-state index contributed by atoms with van der Waals surface area (Å²) in [5.74, 6) is 1.58. The Morgan fingerprint density at radius 3 is 2.37 bits per heavy atom. The Morgan fingerprint density at radius 1 is 1.10 bits per heavy atom. The molecule has 1 aliphatic carbocycles. The van der Waals surface area contributed by atoms with Crippen LogP contribution in [0.5, 0.6) is 0 Å². The molecule has 2 aromatic carbocycles. The van der Waals surface area contributed by atoms with Gasteiger partial charge in [0.15, 0.2) is 0 Å². The number of nitrogens with zero attached hydrogens (tertiary/aromatic N) is 1. The number of nitrogens with one attached hydrogen (secondary N) is 1. The molecule has 0 aliphatic heterocycles. The molecule has 4 rings (SSSR count). The number of carbonyl (C=O) groups is 1. The highest BCUT2D eigenvalue weighted by Gasteiger charge is 2.26. The van der Waals surface area contributed by atoms with Crippen LogP contribution in [0.1, 0.15) is 38.7 Å². The van der Waals surface area contributed by atoms with Gasteiger partial charge < -0.3 is 9.73 Å². The highest BCUT2D eigenvalue weighted by atomic mass is 16.4. The molecule has 1 N–H and O–H groups in total. The van der Waals surface area contributed by atoms with Gasteiger partial charge in [-0.25, -0.2) is 4.99 Å². The molecule has 0 spiro atoms. The van der Waals surface area contributed by atoms with Crippen LogP contribution in [0.2, 0.25) is 0 Å². The lowest BCUT2D eigenvalue weighted by Crippen LogP contribution is -2.27. The van der Waals surface area contributed by atoms with Crippen LogP contribution >= 0.6 is 0 Å². The number of hydrogen-bond acceptors (Lipinski definition) is 3. The van der Waals surface area contributed by atoms with Crippen LogP contribution in [0.3, 0.4) is 0 Å². The Hall–Kier alpha value is -3.40. The van der Waals surface area contributed by atoms with Gasteiger partial charge in [-0.15, -0.1) is 0 Å². The normalized spacial score (nSPS) is 13.9. The molecule has 0 atom stereocenters. The van der Waals surface area contributed by atoms with Crippen LogP contribution in [0.25, 0.3) is 28.0 Å². The molecule has 1 amide bonds. The Bertz CT molecular complexity index is 1090. The summed E-state index contributed by atoms with van der Waals surface area (Å²) in [5.41, 5.74) is 5.57. The summed E-state index contributed by atoms with van der Waals surface area (Å²) in [6.45, 7) is 7.99. The van der Waals surface area contributed by atoms with Gasteiger partial charge >= 0.3 is 0 Å². The van der Waals surface area contributed by atoms with E-state index in [1.54, 1.807) is 6.21 Å². The van der Waals surface area contributed by atoms with Gasteiger partial charge in [-0.1, -0.05) is 43.3 Å². The predicted molar refractivity (Wildman–Crippen MR) is 124 cm³/mol. The van der Waals surface area contributed by atoms with Crippen LogP contribution in [-0.4, -0.2) is 12.1 Å². The fourth-order valence-electron chi connectivity index (χ4n) is 3.73. The lowest BCUT2D eigenvalue weighted by atomic mass is 9.85. The maximum atomic E-state index is 12.2. The van der Waals surface area contributed by atoms with Crippen molar-refractivity contribution < 1.29 is 9.21 Å². The minimum absolute atomic E-state index is 0.112. The number of rotatable bonds is 6. The van der Waals surface area contributed by atoms with Crippen molar-refractivity contribution in [2.45, 2.75) is 33.1 Å². The molecular formula is C26H26N2O2.